The van der Waals surface area contributed by atoms with Crippen LogP contribution in [0.4, 0.5) is 0 Å². The number of imidazole rings is 1. The van der Waals surface area contributed by atoms with E-state index in [0.717, 1.165) is 23.0 Å². The number of hydrogen-bond donors (Lipinski definition) is 2. The third-order valence-electron chi connectivity index (χ3n) is 4.26. The van der Waals surface area contributed by atoms with Gasteiger partial charge >= 0.3 is 0 Å². The van der Waals surface area contributed by atoms with Crippen LogP contribution in [0.3, 0.4) is 0 Å². The number of nitrogens with zero attached hydrogens (tertiary/aromatic N) is 1. The molecule has 0 fully saturated rings. The number of para-hydroxylation sites is 2. The molecule has 2 N–H and O–H groups in total. The fourth-order valence-corrected chi connectivity index (χ4v) is 4.12. The minimum Gasteiger partial charge on any atom is -0.342 e. The molecule has 0 saturated carbocycles. The van der Waals surface area contributed by atoms with Gasteiger partial charge in [-0.15, -0.1) is 0 Å². The highest BCUT2D eigenvalue weighted by atomic mass is 35.5. The van der Waals surface area contributed by atoms with Gasteiger partial charge in [0.2, 0.25) is 0 Å². The van der Waals surface area contributed by atoms with E-state index in [1.54, 1.807) is 11.8 Å². The second kappa shape index (κ2) is 8.55. The lowest BCUT2D eigenvalue weighted by Gasteiger charge is -2.17. The molecule has 1 amide bonds. The number of sulfone groups is 1. The van der Waals surface area contributed by atoms with Crippen molar-refractivity contribution in [3.8, 4) is 0 Å². The van der Waals surface area contributed by atoms with Crippen molar-refractivity contribution in [3.05, 3.63) is 58.9 Å². The third-order valence-corrected chi connectivity index (χ3v) is 6.35. The molecule has 3 aromatic rings. The average molecular weight is 438 g/mol. The first-order chi connectivity index (χ1) is 13.3. The van der Waals surface area contributed by atoms with E-state index in [2.05, 4.69) is 15.3 Å². The normalized spacial score (nSPS) is 12.8. The standard InChI is InChI=1S/C19H20ClN3O3S2/c1-27-10-9-17(18-21-15-5-3-4-6-16(15)22-18)23-19(24)13-11-12(28(2,25)26)7-8-14(13)20/h3-8,11,17H,9-10H2,1-2H3,(H,21,22)(H,23,24). The number of benzene rings is 2. The Kier molecular flexibility index (Phi) is 6.32. The summed E-state index contributed by atoms with van der Waals surface area (Å²) in [4.78, 5) is 20.7. The van der Waals surface area contributed by atoms with Crippen LogP contribution in [0.2, 0.25) is 5.02 Å². The minimum atomic E-state index is -3.45. The van der Waals surface area contributed by atoms with Crippen LogP contribution in [0.1, 0.15) is 28.6 Å². The molecule has 148 valence electrons. The summed E-state index contributed by atoms with van der Waals surface area (Å²) < 4.78 is 23.6. The van der Waals surface area contributed by atoms with E-state index in [1.807, 2.05) is 30.5 Å². The summed E-state index contributed by atoms with van der Waals surface area (Å²) in [5.41, 5.74) is 1.82. The summed E-state index contributed by atoms with van der Waals surface area (Å²) >= 11 is 7.82. The number of nitrogens with one attached hydrogen (secondary N) is 2. The molecule has 0 radical (unpaired) electrons. The summed E-state index contributed by atoms with van der Waals surface area (Å²) in [5.74, 6) is 1.03. The fourth-order valence-electron chi connectivity index (χ4n) is 2.80. The van der Waals surface area contributed by atoms with Crippen LogP contribution in [0.25, 0.3) is 11.0 Å². The number of amides is 1. The van der Waals surface area contributed by atoms with Gasteiger partial charge in [-0.1, -0.05) is 23.7 Å². The molecular formula is C19H20ClN3O3S2. The van der Waals surface area contributed by atoms with Gasteiger partial charge in [0.25, 0.3) is 5.91 Å². The first-order valence-corrected chi connectivity index (χ1v) is 12.2. The van der Waals surface area contributed by atoms with Crippen LogP contribution < -0.4 is 5.32 Å². The molecule has 1 atom stereocenters. The molecule has 28 heavy (non-hydrogen) atoms. The van der Waals surface area contributed by atoms with Crippen LogP contribution >= 0.6 is 23.4 Å². The van der Waals surface area contributed by atoms with Crippen molar-refractivity contribution in [2.24, 2.45) is 0 Å². The van der Waals surface area contributed by atoms with Crippen LogP contribution in [-0.2, 0) is 9.84 Å². The van der Waals surface area contributed by atoms with Gasteiger partial charge in [0, 0.05) is 6.26 Å². The molecule has 0 aliphatic carbocycles. The molecule has 3 rings (SSSR count). The van der Waals surface area contributed by atoms with Crippen molar-refractivity contribution in [3.63, 3.8) is 0 Å². The van der Waals surface area contributed by atoms with Gasteiger partial charge in [0.1, 0.15) is 5.82 Å². The zero-order chi connectivity index (χ0) is 20.3. The molecule has 1 heterocycles. The van der Waals surface area contributed by atoms with Crippen LogP contribution in [-0.4, -0.2) is 42.6 Å². The molecule has 2 aromatic carbocycles. The van der Waals surface area contributed by atoms with Gasteiger partial charge in [-0.05, 0) is 48.8 Å². The molecular weight excluding hydrogens is 418 g/mol. The van der Waals surface area contributed by atoms with E-state index < -0.39 is 15.7 Å². The van der Waals surface area contributed by atoms with Crippen molar-refractivity contribution < 1.29 is 13.2 Å². The lowest BCUT2D eigenvalue weighted by molar-refractivity contribution is 0.0934. The van der Waals surface area contributed by atoms with Gasteiger partial charge in [-0.2, -0.15) is 11.8 Å². The quantitative estimate of drug-likeness (QED) is 0.585. The van der Waals surface area contributed by atoms with E-state index in [9.17, 15) is 13.2 Å². The lowest BCUT2D eigenvalue weighted by atomic mass is 10.1. The van der Waals surface area contributed by atoms with Crippen molar-refractivity contribution in [2.45, 2.75) is 17.4 Å². The molecule has 1 unspecified atom stereocenters. The van der Waals surface area contributed by atoms with Crippen molar-refractivity contribution in [1.82, 2.24) is 15.3 Å². The SMILES string of the molecule is CSCCC(NC(=O)c1cc(S(C)(=O)=O)ccc1Cl)c1nc2ccccc2[nH]1. The Morgan fingerprint density at radius 3 is 2.71 bits per heavy atom. The van der Waals surface area contributed by atoms with Crippen LogP contribution in [0.15, 0.2) is 47.4 Å². The number of thioether (sulfide) groups is 1. The van der Waals surface area contributed by atoms with Gasteiger partial charge in [-0.3, -0.25) is 4.79 Å². The Labute approximate surface area is 173 Å². The fraction of sp³-hybridized carbons (Fsp3) is 0.263. The summed E-state index contributed by atoms with van der Waals surface area (Å²) in [6, 6.07) is 11.4. The maximum absolute atomic E-state index is 12.9. The highest BCUT2D eigenvalue weighted by Crippen LogP contribution is 2.24. The van der Waals surface area contributed by atoms with E-state index >= 15 is 0 Å². The van der Waals surface area contributed by atoms with E-state index in [4.69, 9.17) is 11.6 Å². The highest BCUT2D eigenvalue weighted by Gasteiger charge is 2.21. The van der Waals surface area contributed by atoms with Gasteiger partial charge in [0.05, 0.1) is 32.6 Å². The maximum atomic E-state index is 12.9. The van der Waals surface area contributed by atoms with Gasteiger partial charge < -0.3 is 10.3 Å². The zero-order valence-corrected chi connectivity index (χ0v) is 17.8. The van der Waals surface area contributed by atoms with E-state index in [1.165, 1.54) is 18.2 Å². The first kappa shape index (κ1) is 20.7. The predicted octanol–water partition coefficient (Wildman–Crippen LogP) is 3.84. The Morgan fingerprint density at radius 2 is 2.04 bits per heavy atom. The Bertz CT molecular complexity index is 1080. The Morgan fingerprint density at radius 1 is 1.29 bits per heavy atom. The zero-order valence-electron chi connectivity index (χ0n) is 15.4. The largest absolute Gasteiger partial charge is 0.342 e. The summed E-state index contributed by atoms with van der Waals surface area (Å²) in [6.07, 6.45) is 3.74. The molecule has 9 heteroatoms. The van der Waals surface area contributed by atoms with Gasteiger partial charge in [-0.25, -0.2) is 13.4 Å². The average Bonchev–Trinajstić information content (AvgIpc) is 3.08. The summed E-state index contributed by atoms with van der Waals surface area (Å²) in [7, 11) is -3.45. The van der Waals surface area contributed by atoms with Crippen LogP contribution in [0, 0.1) is 0 Å². The monoisotopic (exact) mass is 437 g/mol. The number of carbonyl (C=O) groups excluding carboxylic acids is 1. The third kappa shape index (κ3) is 4.68. The molecule has 0 bridgehead atoms. The number of halogens is 1. The smallest absolute Gasteiger partial charge is 0.253 e. The van der Waals surface area contributed by atoms with Crippen LogP contribution in [0.5, 0.6) is 0 Å². The number of carbonyl (C=O) groups is 1. The van der Waals surface area contributed by atoms with Crippen molar-refractivity contribution in [1.29, 1.82) is 0 Å². The lowest BCUT2D eigenvalue weighted by Crippen LogP contribution is -2.30. The van der Waals surface area contributed by atoms with Gasteiger partial charge in [0.15, 0.2) is 9.84 Å². The van der Waals surface area contributed by atoms with Crippen molar-refractivity contribution in [2.75, 3.05) is 18.3 Å². The number of rotatable bonds is 7. The van der Waals surface area contributed by atoms with Crippen molar-refractivity contribution >= 4 is 50.1 Å². The molecule has 0 aliphatic heterocycles. The predicted molar refractivity (Wildman–Crippen MR) is 114 cm³/mol. The molecule has 6 nitrogen and oxygen atoms in total. The summed E-state index contributed by atoms with van der Waals surface area (Å²) in [5, 5.41) is 3.13. The minimum absolute atomic E-state index is 0.0476. The number of hydrogen-bond acceptors (Lipinski definition) is 5. The Hall–Kier alpha value is -2.03. The number of fused-ring (bicyclic) bond motifs is 1. The highest BCUT2D eigenvalue weighted by molar-refractivity contribution is 7.98. The van der Waals surface area contributed by atoms with E-state index in [0.29, 0.717) is 12.2 Å². The number of aromatic amines is 1. The van der Waals surface area contributed by atoms with E-state index in [-0.39, 0.29) is 21.5 Å². The molecule has 1 aromatic heterocycles. The molecule has 0 spiro atoms. The molecule has 0 saturated heterocycles. The second-order valence-corrected chi connectivity index (χ2v) is 9.77. The first-order valence-electron chi connectivity index (χ1n) is 8.53. The summed E-state index contributed by atoms with van der Waals surface area (Å²) in [6.45, 7) is 0. The second-order valence-electron chi connectivity index (χ2n) is 6.36. The molecule has 0 aliphatic rings. The number of H-pyrrole nitrogens is 1. The Balaban J connectivity index is 1.91. The maximum Gasteiger partial charge on any atom is 0.253 e. The number of aromatic nitrogens is 2. The topological polar surface area (TPSA) is 91.9 Å².